The van der Waals surface area contributed by atoms with Gasteiger partial charge < -0.3 is 5.73 Å². The van der Waals surface area contributed by atoms with Gasteiger partial charge in [0.15, 0.2) is 0 Å². The number of rotatable bonds is 3. The zero-order valence-corrected chi connectivity index (χ0v) is 12.3. The van der Waals surface area contributed by atoms with E-state index in [1.54, 1.807) is 0 Å². The minimum atomic E-state index is -4.33. The lowest BCUT2D eigenvalue weighted by Crippen LogP contribution is -2.28. The van der Waals surface area contributed by atoms with Crippen molar-refractivity contribution in [1.82, 2.24) is 0 Å². The van der Waals surface area contributed by atoms with Gasteiger partial charge in [0.25, 0.3) is 0 Å². The van der Waals surface area contributed by atoms with Gasteiger partial charge in [-0.2, -0.15) is 13.2 Å². The molecule has 1 atom stereocenters. The molecule has 17 heavy (non-hydrogen) atoms. The van der Waals surface area contributed by atoms with Gasteiger partial charge in [-0.25, -0.2) is 0 Å². The van der Waals surface area contributed by atoms with Gasteiger partial charge in [0, 0.05) is 20.8 Å². The van der Waals surface area contributed by atoms with Crippen molar-refractivity contribution in [1.29, 1.82) is 0 Å². The quantitative estimate of drug-likeness (QED) is 0.832. The maximum Gasteiger partial charge on any atom is 0.418 e. The van der Waals surface area contributed by atoms with Gasteiger partial charge in [0.1, 0.15) is 0 Å². The fraction of sp³-hybridized carbons (Fsp3) is 0.636. The van der Waals surface area contributed by atoms with Gasteiger partial charge in [-0.3, -0.25) is 0 Å². The summed E-state index contributed by atoms with van der Waals surface area (Å²) in [5.74, 6) is 0. The summed E-state index contributed by atoms with van der Waals surface area (Å²) >= 11 is 4.08. The second-order valence-electron chi connectivity index (χ2n) is 4.65. The molecular weight excluding hydrogens is 315 g/mol. The lowest BCUT2D eigenvalue weighted by Gasteiger charge is -2.30. The maximum atomic E-state index is 12.6. The van der Waals surface area contributed by atoms with E-state index in [-0.39, 0.29) is 9.89 Å². The second kappa shape index (κ2) is 4.90. The first-order valence-electron chi connectivity index (χ1n) is 5.21. The normalized spacial score (nSPS) is 15.1. The Morgan fingerprint density at radius 1 is 1.41 bits per heavy atom. The summed E-state index contributed by atoms with van der Waals surface area (Å²) in [5.41, 5.74) is 5.19. The SMILES string of the molecule is CCC(C)(C)C(N)c1scc(C(F)(F)F)c1Br. The minimum absolute atomic E-state index is 0.0871. The predicted octanol–water partition coefficient (Wildman–Crippen LogP) is 4.97. The van der Waals surface area contributed by atoms with E-state index in [9.17, 15) is 13.2 Å². The van der Waals surface area contributed by atoms with Crippen LogP contribution in [-0.2, 0) is 6.18 Å². The Morgan fingerprint density at radius 2 is 1.94 bits per heavy atom. The third-order valence-electron chi connectivity index (χ3n) is 3.10. The van der Waals surface area contributed by atoms with Crippen molar-refractivity contribution < 1.29 is 13.2 Å². The van der Waals surface area contributed by atoms with Gasteiger partial charge >= 0.3 is 6.18 Å². The van der Waals surface area contributed by atoms with Crippen LogP contribution in [-0.4, -0.2) is 0 Å². The molecule has 6 heteroatoms. The minimum Gasteiger partial charge on any atom is -0.323 e. The Kier molecular flexibility index (Phi) is 4.32. The molecule has 0 amide bonds. The van der Waals surface area contributed by atoms with Crippen LogP contribution in [0.25, 0.3) is 0 Å². The smallest absolute Gasteiger partial charge is 0.323 e. The van der Waals surface area contributed by atoms with Gasteiger partial charge in [-0.05, 0) is 27.8 Å². The largest absolute Gasteiger partial charge is 0.418 e. The monoisotopic (exact) mass is 329 g/mol. The number of hydrogen-bond donors (Lipinski definition) is 1. The molecule has 1 heterocycles. The number of hydrogen-bond acceptors (Lipinski definition) is 2. The van der Waals surface area contributed by atoms with Crippen LogP contribution in [0.4, 0.5) is 13.2 Å². The molecule has 2 N–H and O–H groups in total. The van der Waals surface area contributed by atoms with E-state index in [1.807, 2.05) is 20.8 Å². The highest BCUT2D eigenvalue weighted by Gasteiger charge is 2.37. The Labute approximate surface area is 111 Å². The molecule has 1 nitrogen and oxygen atoms in total. The van der Waals surface area contributed by atoms with Gasteiger partial charge in [-0.15, -0.1) is 11.3 Å². The molecule has 0 fully saturated rings. The van der Waals surface area contributed by atoms with E-state index in [0.717, 1.165) is 23.1 Å². The first kappa shape index (κ1) is 15.0. The van der Waals surface area contributed by atoms with Crippen molar-refractivity contribution in [2.45, 2.75) is 39.4 Å². The van der Waals surface area contributed by atoms with Crippen molar-refractivity contribution in [3.8, 4) is 0 Å². The van der Waals surface area contributed by atoms with Crippen molar-refractivity contribution in [3.05, 3.63) is 20.3 Å². The number of thiophene rings is 1. The van der Waals surface area contributed by atoms with E-state index < -0.39 is 17.8 Å². The molecule has 1 aromatic rings. The van der Waals surface area contributed by atoms with Gasteiger partial charge in [-0.1, -0.05) is 20.8 Å². The summed E-state index contributed by atoms with van der Waals surface area (Å²) in [6.07, 6.45) is -3.52. The fourth-order valence-corrected chi connectivity index (χ4v) is 3.53. The molecule has 98 valence electrons. The van der Waals surface area contributed by atoms with Crippen LogP contribution >= 0.6 is 27.3 Å². The molecule has 0 saturated heterocycles. The zero-order chi connectivity index (χ0) is 13.4. The van der Waals surface area contributed by atoms with E-state index in [1.165, 1.54) is 0 Å². The van der Waals surface area contributed by atoms with Gasteiger partial charge in [0.2, 0.25) is 0 Å². The van der Waals surface area contributed by atoms with E-state index in [4.69, 9.17) is 5.73 Å². The third kappa shape index (κ3) is 3.03. The standard InChI is InChI=1S/C11H15BrF3NS/c1-4-10(2,3)9(16)8-7(12)6(5-17-8)11(13,14)15/h5,9H,4,16H2,1-3H3. The Balaban J connectivity index is 3.14. The summed E-state index contributed by atoms with van der Waals surface area (Å²) in [7, 11) is 0. The molecule has 0 bridgehead atoms. The van der Waals surface area contributed by atoms with Crippen molar-refractivity contribution in [3.63, 3.8) is 0 Å². The summed E-state index contributed by atoms with van der Waals surface area (Å²) in [4.78, 5) is 0.559. The van der Waals surface area contributed by atoms with Crippen LogP contribution in [0.15, 0.2) is 9.85 Å². The van der Waals surface area contributed by atoms with Crippen molar-refractivity contribution in [2.24, 2.45) is 11.1 Å². The van der Waals surface area contributed by atoms with E-state index in [2.05, 4.69) is 15.9 Å². The fourth-order valence-electron chi connectivity index (χ4n) is 1.33. The lowest BCUT2D eigenvalue weighted by atomic mass is 9.81. The Bertz CT molecular complexity index is 398. The maximum absolute atomic E-state index is 12.6. The molecule has 1 rings (SSSR count). The summed E-state index contributed by atoms with van der Waals surface area (Å²) in [6.45, 7) is 5.89. The number of nitrogens with two attached hydrogens (primary N) is 1. The number of halogens is 4. The summed E-state index contributed by atoms with van der Waals surface area (Å²) < 4.78 is 38.0. The highest BCUT2D eigenvalue weighted by molar-refractivity contribution is 9.10. The van der Waals surface area contributed by atoms with Crippen molar-refractivity contribution in [2.75, 3.05) is 0 Å². The zero-order valence-electron chi connectivity index (χ0n) is 9.86. The molecule has 0 aliphatic rings. The summed E-state index contributed by atoms with van der Waals surface area (Å²) in [6, 6.07) is -0.400. The molecule has 1 aromatic heterocycles. The third-order valence-corrected chi connectivity index (χ3v) is 5.28. The van der Waals surface area contributed by atoms with Crippen LogP contribution in [0.3, 0.4) is 0 Å². The lowest BCUT2D eigenvalue weighted by molar-refractivity contribution is -0.137. The van der Waals surface area contributed by atoms with Crippen LogP contribution in [0.2, 0.25) is 0 Å². The highest BCUT2D eigenvalue weighted by atomic mass is 79.9. The molecule has 0 aliphatic carbocycles. The molecule has 0 spiro atoms. The predicted molar refractivity (Wildman–Crippen MR) is 68.0 cm³/mol. The average Bonchev–Trinajstić information content (AvgIpc) is 2.58. The van der Waals surface area contributed by atoms with Crippen LogP contribution in [0.5, 0.6) is 0 Å². The summed E-state index contributed by atoms with van der Waals surface area (Å²) in [5, 5.41) is 1.12. The molecular formula is C11H15BrF3NS. The number of alkyl halides is 3. The average molecular weight is 330 g/mol. The first-order chi connectivity index (χ1) is 7.61. The Morgan fingerprint density at radius 3 is 2.29 bits per heavy atom. The van der Waals surface area contributed by atoms with Crippen LogP contribution in [0.1, 0.15) is 43.7 Å². The topological polar surface area (TPSA) is 26.0 Å². The van der Waals surface area contributed by atoms with Crippen molar-refractivity contribution >= 4 is 27.3 Å². The molecule has 0 aliphatic heterocycles. The molecule has 0 radical (unpaired) electrons. The highest BCUT2D eigenvalue weighted by Crippen LogP contribution is 2.46. The van der Waals surface area contributed by atoms with E-state index >= 15 is 0 Å². The molecule has 0 aromatic carbocycles. The first-order valence-corrected chi connectivity index (χ1v) is 6.88. The second-order valence-corrected chi connectivity index (χ2v) is 6.35. The molecule has 1 unspecified atom stereocenters. The molecule has 0 saturated carbocycles. The Hall–Kier alpha value is -0.0700. The van der Waals surface area contributed by atoms with Crippen LogP contribution < -0.4 is 5.73 Å². The van der Waals surface area contributed by atoms with Crippen LogP contribution in [0, 0.1) is 5.41 Å². The van der Waals surface area contributed by atoms with E-state index in [0.29, 0.717) is 4.88 Å². The van der Waals surface area contributed by atoms with Gasteiger partial charge in [0.05, 0.1) is 5.56 Å².